The van der Waals surface area contributed by atoms with Gasteiger partial charge in [-0.1, -0.05) is 15.9 Å². The number of anilines is 1. The Balaban J connectivity index is 2.30. The Hall–Kier alpha value is -1.81. The number of amides is 1. The fraction of sp³-hybridized carbons (Fsp3) is 0.188. The van der Waals surface area contributed by atoms with Crippen LogP contribution in [0.3, 0.4) is 0 Å². The lowest BCUT2D eigenvalue weighted by atomic mass is 10.1. The number of hydrogen-bond donors (Lipinski definition) is 2. The molecule has 2 N–H and O–H groups in total. The number of halogens is 1. The molecule has 0 aliphatic rings. The Morgan fingerprint density at radius 3 is 2.40 bits per heavy atom. The minimum atomic E-state index is -0.164. The van der Waals surface area contributed by atoms with Crippen LogP contribution in [0.15, 0.2) is 34.8 Å². The van der Waals surface area contributed by atoms with Gasteiger partial charge in [0.05, 0.1) is 0 Å². The van der Waals surface area contributed by atoms with E-state index in [1.165, 1.54) is 0 Å². The molecule has 0 aliphatic heterocycles. The van der Waals surface area contributed by atoms with E-state index in [9.17, 15) is 9.90 Å². The fourth-order valence-corrected chi connectivity index (χ4v) is 2.61. The normalized spacial score (nSPS) is 10.4. The molecule has 104 valence electrons. The third-order valence-electron chi connectivity index (χ3n) is 3.10. The van der Waals surface area contributed by atoms with E-state index in [1.54, 1.807) is 25.1 Å². The van der Waals surface area contributed by atoms with Crippen LogP contribution >= 0.6 is 15.9 Å². The summed E-state index contributed by atoms with van der Waals surface area (Å²) in [6, 6.07) is 8.99. The summed E-state index contributed by atoms with van der Waals surface area (Å²) in [5, 5.41) is 12.5. The molecule has 0 fully saturated rings. The minimum Gasteiger partial charge on any atom is -0.508 e. The maximum absolute atomic E-state index is 12.3. The second-order valence-corrected chi connectivity index (χ2v) is 5.84. The molecule has 0 unspecified atom stereocenters. The molecule has 4 heteroatoms. The lowest BCUT2D eigenvalue weighted by Gasteiger charge is -2.11. The van der Waals surface area contributed by atoms with E-state index in [0.717, 1.165) is 21.2 Å². The number of benzene rings is 2. The van der Waals surface area contributed by atoms with E-state index in [0.29, 0.717) is 11.3 Å². The van der Waals surface area contributed by atoms with E-state index in [1.807, 2.05) is 26.0 Å². The van der Waals surface area contributed by atoms with E-state index >= 15 is 0 Å². The van der Waals surface area contributed by atoms with E-state index in [-0.39, 0.29) is 11.7 Å². The van der Waals surface area contributed by atoms with Gasteiger partial charge < -0.3 is 10.4 Å². The molecule has 20 heavy (non-hydrogen) atoms. The first-order valence-corrected chi connectivity index (χ1v) is 7.05. The number of phenols is 1. The van der Waals surface area contributed by atoms with Crippen LogP contribution in [0.1, 0.15) is 27.0 Å². The molecule has 0 atom stereocenters. The summed E-state index contributed by atoms with van der Waals surface area (Å²) in [4.78, 5) is 12.3. The van der Waals surface area contributed by atoms with Gasteiger partial charge in [-0.25, -0.2) is 0 Å². The van der Waals surface area contributed by atoms with Crippen LogP contribution in [0.5, 0.6) is 5.75 Å². The number of aryl methyl sites for hydroxylation is 3. The first-order chi connectivity index (χ1) is 9.36. The highest BCUT2D eigenvalue weighted by molar-refractivity contribution is 9.10. The number of nitrogens with one attached hydrogen (secondary N) is 1. The summed E-state index contributed by atoms with van der Waals surface area (Å²) in [6.45, 7) is 5.59. The van der Waals surface area contributed by atoms with Gasteiger partial charge in [0.25, 0.3) is 5.91 Å². The zero-order valence-electron chi connectivity index (χ0n) is 11.6. The topological polar surface area (TPSA) is 49.3 Å². The summed E-state index contributed by atoms with van der Waals surface area (Å²) in [6.07, 6.45) is 0. The molecule has 0 aromatic heterocycles. The number of carbonyl (C=O) groups excluding carboxylic acids is 1. The third kappa shape index (κ3) is 3.20. The van der Waals surface area contributed by atoms with Gasteiger partial charge in [0, 0.05) is 15.7 Å². The maximum atomic E-state index is 12.3. The number of aromatic hydroxyl groups is 1. The summed E-state index contributed by atoms with van der Waals surface area (Å²) in [7, 11) is 0. The Morgan fingerprint density at radius 2 is 1.75 bits per heavy atom. The van der Waals surface area contributed by atoms with Crippen molar-refractivity contribution in [1.82, 2.24) is 0 Å². The number of carbonyl (C=O) groups is 1. The lowest BCUT2D eigenvalue weighted by Crippen LogP contribution is -2.13. The molecule has 2 aromatic rings. The van der Waals surface area contributed by atoms with Crippen LogP contribution < -0.4 is 5.32 Å². The van der Waals surface area contributed by atoms with Gasteiger partial charge in [0.2, 0.25) is 0 Å². The monoisotopic (exact) mass is 333 g/mol. The smallest absolute Gasteiger partial charge is 0.255 e. The van der Waals surface area contributed by atoms with Crippen molar-refractivity contribution in [2.75, 3.05) is 5.32 Å². The largest absolute Gasteiger partial charge is 0.508 e. The predicted octanol–water partition coefficient (Wildman–Crippen LogP) is 4.33. The van der Waals surface area contributed by atoms with Crippen LogP contribution in [0.2, 0.25) is 0 Å². The average Bonchev–Trinajstić information content (AvgIpc) is 2.34. The first kappa shape index (κ1) is 14.6. The predicted molar refractivity (Wildman–Crippen MR) is 84.4 cm³/mol. The van der Waals surface area contributed by atoms with Gasteiger partial charge in [-0.2, -0.15) is 0 Å². The summed E-state index contributed by atoms with van der Waals surface area (Å²) in [5.74, 6) is 0.0707. The summed E-state index contributed by atoms with van der Waals surface area (Å²) in [5.41, 5.74) is 3.89. The number of rotatable bonds is 2. The molecule has 3 nitrogen and oxygen atoms in total. The van der Waals surface area contributed by atoms with E-state index in [2.05, 4.69) is 21.2 Å². The lowest BCUT2D eigenvalue weighted by molar-refractivity contribution is 0.102. The quantitative estimate of drug-likeness (QED) is 0.803. The Morgan fingerprint density at radius 1 is 1.05 bits per heavy atom. The third-order valence-corrected chi connectivity index (χ3v) is 3.55. The SMILES string of the molecule is Cc1cc(Br)cc(C(=O)Nc2cc(C)c(O)cc2C)c1. The van der Waals surface area contributed by atoms with Crippen molar-refractivity contribution in [3.05, 3.63) is 57.1 Å². The molecule has 0 bridgehead atoms. The van der Waals surface area contributed by atoms with Crippen molar-refractivity contribution in [2.45, 2.75) is 20.8 Å². The molecule has 0 spiro atoms. The number of phenolic OH excluding ortho intramolecular Hbond substituents is 1. The molecule has 0 aliphatic carbocycles. The van der Waals surface area contributed by atoms with Crippen molar-refractivity contribution in [3.8, 4) is 5.75 Å². The maximum Gasteiger partial charge on any atom is 0.255 e. The molecular weight excluding hydrogens is 318 g/mol. The molecule has 0 radical (unpaired) electrons. The van der Waals surface area contributed by atoms with Gasteiger partial charge in [-0.15, -0.1) is 0 Å². The van der Waals surface area contributed by atoms with E-state index in [4.69, 9.17) is 0 Å². The van der Waals surface area contributed by atoms with Crippen LogP contribution in [0.25, 0.3) is 0 Å². The van der Waals surface area contributed by atoms with Gasteiger partial charge in [0.15, 0.2) is 0 Å². The van der Waals surface area contributed by atoms with Crippen LogP contribution in [0, 0.1) is 20.8 Å². The summed E-state index contributed by atoms with van der Waals surface area (Å²) < 4.78 is 0.876. The van der Waals surface area contributed by atoms with E-state index < -0.39 is 0 Å². The molecule has 2 rings (SSSR count). The Bertz CT molecular complexity index is 660. The zero-order valence-corrected chi connectivity index (χ0v) is 13.2. The molecule has 0 heterocycles. The highest BCUT2D eigenvalue weighted by Gasteiger charge is 2.10. The van der Waals surface area contributed by atoms with Crippen molar-refractivity contribution < 1.29 is 9.90 Å². The zero-order chi connectivity index (χ0) is 14.9. The Labute approximate surface area is 126 Å². The second-order valence-electron chi connectivity index (χ2n) is 4.92. The van der Waals surface area contributed by atoms with Crippen molar-refractivity contribution in [2.24, 2.45) is 0 Å². The highest BCUT2D eigenvalue weighted by atomic mass is 79.9. The van der Waals surface area contributed by atoms with Gasteiger partial charge in [-0.05, 0) is 67.8 Å². The fourth-order valence-electron chi connectivity index (χ4n) is 2.00. The van der Waals surface area contributed by atoms with Crippen molar-refractivity contribution in [3.63, 3.8) is 0 Å². The number of hydrogen-bond acceptors (Lipinski definition) is 2. The van der Waals surface area contributed by atoms with Crippen molar-refractivity contribution >= 4 is 27.5 Å². The minimum absolute atomic E-state index is 0.164. The molecule has 0 saturated carbocycles. The molecule has 0 saturated heterocycles. The van der Waals surface area contributed by atoms with Gasteiger partial charge in [-0.3, -0.25) is 4.79 Å². The first-order valence-electron chi connectivity index (χ1n) is 6.25. The highest BCUT2D eigenvalue weighted by Crippen LogP contribution is 2.25. The second kappa shape index (κ2) is 5.67. The van der Waals surface area contributed by atoms with Crippen LogP contribution in [-0.2, 0) is 0 Å². The average molecular weight is 334 g/mol. The Kier molecular flexibility index (Phi) is 4.14. The molecule has 1 amide bonds. The van der Waals surface area contributed by atoms with Crippen molar-refractivity contribution in [1.29, 1.82) is 0 Å². The van der Waals surface area contributed by atoms with Crippen LogP contribution in [0.4, 0.5) is 5.69 Å². The van der Waals surface area contributed by atoms with Gasteiger partial charge >= 0.3 is 0 Å². The standard InChI is InChI=1S/C16H16BrNO2/c1-9-4-12(8-13(17)5-9)16(20)18-14-6-11(3)15(19)7-10(14)2/h4-8,19H,1-3H3,(H,18,20). The van der Waals surface area contributed by atoms with Crippen LogP contribution in [-0.4, -0.2) is 11.0 Å². The summed E-state index contributed by atoms with van der Waals surface area (Å²) >= 11 is 3.39. The molecular formula is C16H16BrNO2. The van der Waals surface area contributed by atoms with Gasteiger partial charge in [0.1, 0.15) is 5.75 Å². The molecule has 2 aromatic carbocycles.